The van der Waals surface area contributed by atoms with Crippen LogP contribution < -0.4 is 0 Å². The van der Waals surface area contributed by atoms with E-state index >= 15 is 0 Å². The van der Waals surface area contributed by atoms with Gasteiger partial charge in [0.05, 0.1) is 17.3 Å². The zero-order chi connectivity index (χ0) is 19.8. The van der Waals surface area contributed by atoms with Gasteiger partial charge in [0.2, 0.25) is 0 Å². The van der Waals surface area contributed by atoms with Gasteiger partial charge in [0.25, 0.3) is 5.91 Å². The van der Waals surface area contributed by atoms with E-state index in [0.717, 1.165) is 16.4 Å². The van der Waals surface area contributed by atoms with Crippen molar-refractivity contribution in [3.63, 3.8) is 0 Å². The number of rotatable bonds is 4. The number of aromatic nitrogens is 4. The lowest BCUT2D eigenvalue weighted by atomic mass is 10.2. The minimum atomic E-state index is -4.70. The third-order valence-electron chi connectivity index (χ3n) is 3.79. The van der Waals surface area contributed by atoms with Crippen molar-refractivity contribution < 1.29 is 18.0 Å². The number of aromatic amines is 1. The summed E-state index contributed by atoms with van der Waals surface area (Å²) in [4.78, 5) is 21.1. The lowest BCUT2D eigenvalue weighted by Gasteiger charge is -2.17. The number of amides is 1. The Hall–Kier alpha value is -2.81. The summed E-state index contributed by atoms with van der Waals surface area (Å²) in [5.74, 6) is -0.129. The van der Waals surface area contributed by atoms with Crippen molar-refractivity contribution in [2.75, 3.05) is 7.05 Å². The molecule has 0 aliphatic carbocycles. The number of H-pyrrole nitrogens is 1. The summed E-state index contributed by atoms with van der Waals surface area (Å²) in [7, 11) is 1.47. The number of carbonyl (C=O) groups is 1. The number of nitrogens with zero attached hydrogens (tertiary/aromatic N) is 4. The number of benzene rings is 1. The number of alkyl halides is 3. The molecule has 142 valence electrons. The minimum Gasteiger partial charge on any atom is -0.345 e. The summed E-state index contributed by atoms with van der Waals surface area (Å²) in [5.41, 5.74) is -0.430. The summed E-state index contributed by atoms with van der Waals surface area (Å²) >= 11 is 6.09. The van der Waals surface area contributed by atoms with Gasteiger partial charge < -0.3 is 9.88 Å². The predicted octanol–water partition coefficient (Wildman–Crippen LogP) is 3.85. The first-order chi connectivity index (χ1) is 12.7. The minimum absolute atomic E-state index is 0.0989. The van der Waals surface area contributed by atoms with E-state index in [-0.39, 0.29) is 22.9 Å². The van der Waals surface area contributed by atoms with Crippen molar-refractivity contribution in [3.8, 4) is 5.69 Å². The highest BCUT2D eigenvalue weighted by molar-refractivity contribution is 6.32. The van der Waals surface area contributed by atoms with Crippen LogP contribution in [0.25, 0.3) is 5.69 Å². The van der Waals surface area contributed by atoms with Crippen LogP contribution >= 0.6 is 11.6 Å². The van der Waals surface area contributed by atoms with E-state index in [2.05, 4.69) is 15.1 Å². The van der Waals surface area contributed by atoms with Gasteiger partial charge in [-0.3, -0.25) is 4.79 Å². The van der Waals surface area contributed by atoms with Gasteiger partial charge >= 0.3 is 6.18 Å². The fraction of sp³-hybridized carbons (Fsp3) is 0.235. The molecule has 10 heteroatoms. The van der Waals surface area contributed by atoms with Gasteiger partial charge in [-0.2, -0.15) is 18.3 Å². The van der Waals surface area contributed by atoms with Crippen molar-refractivity contribution in [1.82, 2.24) is 24.6 Å². The van der Waals surface area contributed by atoms with E-state index in [4.69, 9.17) is 11.6 Å². The molecule has 0 spiro atoms. The SMILES string of the molecule is Cc1cnc(CN(C)C(=O)c2cc(C(F)(F)F)nn2-c2ccccc2Cl)[nH]1. The third kappa shape index (κ3) is 3.97. The maximum Gasteiger partial charge on any atom is 0.435 e. The average molecular weight is 398 g/mol. The van der Waals surface area contributed by atoms with E-state index < -0.39 is 17.8 Å². The average Bonchev–Trinajstić information content (AvgIpc) is 3.21. The van der Waals surface area contributed by atoms with Crippen LogP contribution in [0.2, 0.25) is 5.02 Å². The second-order valence-corrected chi connectivity index (χ2v) is 6.36. The normalized spacial score (nSPS) is 11.6. The molecule has 6 nitrogen and oxygen atoms in total. The van der Waals surface area contributed by atoms with Crippen molar-refractivity contribution >= 4 is 17.5 Å². The first-order valence-electron chi connectivity index (χ1n) is 7.85. The van der Waals surface area contributed by atoms with Crippen LogP contribution in [-0.4, -0.2) is 37.6 Å². The van der Waals surface area contributed by atoms with Crippen molar-refractivity contribution in [1.29, 1.82) is 0 Å². The van der Waals surface area contributed by atoms with E-state index in [9.17, 15) is 18.0 Å². The summed E-state index contributed by atoms with van der Waals surface area (Å²) in [6, 6.07) is 6.94. The Labute approximate surface area is 157 Å². The number of carbonyl (C=O) groups excluding carboxylic acids is 1. The Morgan fingerprint density at radius 2 is 2.04 bits per heavy atom. The fourth-order valence-corrected chi connectivity index (χ4v) is 2.73. The Balaban J connectivity index is 2.01. The number of hydrogen-bond donors (Lipinski definition) is 1. The zero-order valence-electron chi connectivity index (χ0n) is 14.4. The molecule has 0 radical (unpaired) electrons. The molecule has 0 atom stereocenters. The van der Waals surface area contributed by atoms with E-state index in [1.807, 2.05) is 0 Å². The molecular formula is C17H15ClF3N5O. The van der Waals surface area contributed by atoms with Crippen LogP contribution in [0.4, 0.5) is 13.2 Å². The standard InChI is InChI=1S/C17H15ClF3N5O/c1-10-8-22-15(23-10)9-25(2)16(27)13-7-14(17(19,20)21)24-26(13)12-6-4-3-5-11(12)18/h3-8H,9H2,1-2H3,(H,22,23). The molecule has 1 N–H and O–H groups in total. The number of hydrogen-bond acceptors (Lipinski definition) is 3. The largest absolute Gasteiger partial charge is 0.435 e. The summed E-state index contributed by atoms with van der Waals surface area (Å²) in [6.45, 7) is 1.90. The fourth-order valence-electron chi connectivity index (χ4n) is 2.52. The zero-order valence-corrected chi connectivity index (χ0v) is 15.1. The van der Waals surface area contributed by atoms with E-state index in [0.29, 0.717) is 5.82 Å². The summed E-state index contributed by atoms with van der Waals surface area (Å²) < 4.78 is 40.4. The monoisotopic (exact) mass is 397 g/mol. The molecule has 0 unspecified atom stereocenters. The highest BCUT2D eigenvalue weighted by atomic mass is 35.5. The molecule has 0 fully saturated rings. The smallest absolute Gasteiger partial charge is 0.345 e. The Bertz CT molecular complexity index is 979. The molecule has 3 rings (SSSR count). The predicted molar refractivity (Wildman–Crippen MR) is 92.7 cm³/mol. The van der Waals surface area contributed by atoms with E-state index in [1.165, 1.54) is 24.1 Å². The molecule has 0 saturated heterocycles. The highest BCUT2D eigenvalue weighted by Crippen LogP contribution is 2.31. The molecule has 2 heterocycles. The Morgan fingerprint density at radius 3 is 2.63 bits per heavy atom. The van der Waals surface area contributed by atoms with Crippen molar-refractivity contribution in [3.05, 3.63) is 64.5 Å². The Kier molecular flexibility index (Phi) is 4.97. The molecule has 2 aromatic heterocycles. The van der Waals surface area contributed by atoms with Gasteiger partial charge in [-0.25, -0.2) is 9.67 Å². The van der Waals surface area contributed by atoms with Gasteiger partial charge in [0, 0.05) is 25.0 Å². The highest BCUT2D eigenvalue weighted by Gasteiger charge is 2.36. The third-order valence-corrected chi connectivity index (χ3v) is 4.11. The van der Waals surface area contributed by atoms with Gasteiger partial charge in [0.15, 0.2) is 5.69 Å². The molecular weight excluding hydrogens is 383 g/mol. The lowest BCUT2D eigenvalue weighted by Crippen LogP contribution is -2.28. The van der Waals surface area contributed by atoms with Gasteiger partial charge in [-0.05, 0) is 19.1 Å². The first-order valence-corrected chi connectivity index (χ1v) is 8.22. The second-order valence-electron chi connectivity index (χ2n) is 5.95. The molecule has 0 aliphatic heterocycles. The van der Waals surface area contributed by atoms with E-state index in [1.54, 1.807) is 25.3 Å². The van der Waals surface area contributed by atoms with Crippen LogP contribution in [0.15, 0.2) is 36.5 Å². The first kappa shape index (κ1) is 19.0. The van der Waals surface area contributed by atoms with Gasteiger partial charge in [-0.15, -0.1) is 0 Å². The maximum absolute atomic E-state index is 13.2. The quantitative estimate of drug-likeness (QED) is 0.727. The molecule has 3 aromatic rings. The summed E-state index contributed by atoms with van der Waals surface area (Å²) in [5, 5.41) is 3.74. The lowest BCUT2D eigenvalue weighted by molar-refractivity contribution is -0.141. The molecule has 1 aromatic carbocycles. The second kappa shape index (κ2) is 7.07. The van der Waals surface area contributed by atoms with Crippen LogP contribution in [0, 0.1) is 6.92 Å². The van der Waals surface area contributed by atoms with Crippen LogP contribution in [0.5, 0.6) is 0 Å². The van der Waals surface area contributed by atoms with Crippen molar-refractivity contribution in [2.24, 2.45) is 0 Å². The van der Waals surface area contributed by atoms with Crippen LogP contribution in [-0.2, 0) is 12.7 Å². The topological polar surface area (TPSA) is 66.8 Å². The molecule has 0 bridgehead atoms. The molecule has 0 saturated carbocycles. The van der Waals surface area contributed by atoms with Crippen LogP contribution in [0.3, 0.4) is 0 Å². The molecule has 0 aliphatic rings. The van der Waals surface area contributed by atoms with Gasteiger partial charge in [-0.1, -0.05) is 23.7 Å². The van der Waals surface area contributed by atoms with Crippen molar-refractivity contribution in [2.45, 2.75) is 19.6 Å². The Morgan fingerprint density at radius 1 is 1.33 bits per heavy atom. The maximum atomic E-state index is 13.2. The number of nitrogens with one attached hydrogen (secondary N) is 1. The molecule has 27 heavy (non-hydrogen) atoms. The van der Waals surface area contributed by atoms with Crippen LogP contribution in [0.1, 0.15) is 27.7 Å². The summed E-state index contributed by atoms with van der Waals surface area (Å²) in [6.07, 6.45) is -3.10. The number of halogens is 4. The number of imidazole rings is 1. The number of aryl methyl sites for hydroxylation is 1. The van der Waals surface area contributed by atoms with Gasteiger partial charge in [0.1, 0.15) is 11.5 Å². The number of para-hydroxylation sites is 1. The molecule has 1 amide bonds.